The van der Waals surface area contributed by atoms with Crippen molar-refractivity contribution in [2.24, 2.45) is 10.2 Å². The van der Waals surface area contributed by atoms with E-state index in [4.69, 9.17) is 10.2 Å². The highest BCUT2D eigenvalue weighted by Gasteiger charge is 2.25. The minimum atomic E-state index is -0.747. The highest BCUT2D eigenvalue weighted by molar-refractivity contribution is 7.19. The van der Waals surface area contributed by atoms with E-state index in [1.54, 1.807) is 29.2 Å². The van der Waals surface area contributed by atoms with E-state index in [1.807, 2.05) is 0 Å². The Bertz CT molecular complexity index is 801. The second-order valence-corrected chi connectivity index (χ2v) is 5.95. The molecule has 1 heterocycles. The number of hydrogen-bond acceptors (Lipinski definition) is 10. The summed E-state index contributed by atoms with van der Waals surface area (Å²) in [5.41, 5.74) is 0.677. The average Bonchev–Trinajstić information content (AvgIpc) is 3.05. The third kappa shape index (κ3) is 4.78. The Balaban J connectivity index is 2.21. The zero-order chi connectivity index (χ0) is 19.1. The van der Waals surface area contributed by atoms with Gasteiger partial charge in [-0.2, -0.15) is 0 Å². The van der Waals surface area contributed by atoms with E-state index >= 15 is 0 Å². The number of benzene rings is 1. The molecule has 0 aliphatic rings. The van der Waals surface area contributed by atoms with Gasteiger partial charge in [-0.3, -0.25) is 20.2 Å². The van der Waals surface area contributed by atoms with Crippen LogP contribution >= 0.6 is 11.3 Å². The van der Waals surface area contributed by atoms with Crippen LogP contribution in [0.15, 0.2) is 40.6 Å². The molecule has 12 heteroatoms. The van der Waals surface area contributed by atoms with Gasteiger partial charge in [0.15, 0.2) is 0 Å². The Morgan fingerprint density at radius 2 is 1.62 bits per heavy atom. The summed E-state index contributed by atoms with van der Waals surface area (Å²) in [5.74, 6) is 0. The van der Waals surface area contributed by atoms with Crippen LogP contribution in [0.4, 0.5) is 27.1 Å². The molecule has 2 rings (SSSR count). The molecule has 2 aromatic rings. The van der Waals surface area contributed by atoms with E-state index in [-0.39, 0.29) is 23.2 Å². The van der Waals surface area contributed by atoms with Crippen LogP contribution < -0.4 is 4.90 Å². The fourth-order valence-corrected chi connectivity index (χ4v) is 2.86. The van der Waals surface area contributed by atoms with Crippen molar-refractivity contribution in [2.75, 3.05) is 31.2 Å². The molecule has 0 atom stereocenters. The summed E-state index contributed by atoms with van der Waals surface area (Å²) in [5, 5.41) is 46.9. The maximum atomic E-state index is 11.0. The minimum Gasteiger partial charge on any atom is -0.395 e. The highest BCUT2D eigenvalue weighted by Crippen LogP contribution is 2.41. The highest BCUT2D eigenvalue weighted by atomic mass is 32.1. The van der Waals surface area contributed by atoms with Crippen LogP contribution in [0.3, 0.4) is 0 Å². The van der Waals surface area contributed by atoms with Crippen molar-refractivity contribution < 1.29 is 20.1 Å². The van der Waals surface area contributed by atoms with Gasteiger partial charge in [-0.1, -0.05) is 0 Å². The summed E-state index contributed by atoms with van der Waals surface area (Å²) in [6.07, 6.45) is 0. The first-order chi connectivity index (χ1) is 12.5. The third-order valence-electron chi connectivity index (χ3n) is 3.27. The lowest BCUT2D eigenvalue weighted by atomic mass is 10.2. The van der Waals surface area contributed by atoms with Crippen molar-refractivity contribution in [1.29, 1.82) is 0 Å². The number of aliphatic hydroxyl groups excluding tert-OH is 2. The molecule has 1 aromatic heterocycles. The molecule has 1 aromatic carbocycles. The van der Waals surface area contributed by atoms with Gasteiger partial charge in [-0.25, -0.2) is 0 Å². The molecule has 2 N–H and O–H groups in total. The van der Waals surface area contributed by atoms with E-state index in [0.29, 0.717) is 30.1 Å². The van der Waals surface area contributed by atoms with Crippen molar-refractivity contribution in [2.45, 2.75) is 0 Å². The summed E-state index contributed by atoms with van der Waals surface area (Å²) in [4.78, 5) is 22.0. The quantitative estimate of drug-likeness (QED) is 0.384. The van der Waals surface area contributed by atoms with Crippen LogP contribution in [0.25, 0.3) is 0 Å². The Morgan fingerprint density at radius 1 is 1.00 bits per heavy atom. The molecule has 0 unspecified atom stereocenters. The van der Waals surface area contributed by atoms with Crippen LogP contribution in [0.5, 0.6) is 0 Å². The lowest BCUT2D eigenvalue weighted by Crippen LogP contribution is -2.29. The minimum absolute atomic E-state index is 0.0672. The zero-order valence-corrected chi connectivity index (χ0v) is 14.2. The van der Waals surface area contributed by atoms with E-state index < -0.39 is 15.5 Å². The molecule has 11 nitrogen and oxygen atoms in total. The van der Waals surface area contributed by atoms with E-state index in [0.717, 1.165) is 11.8 Å². The van der Waals surface area contributed by atoms with Crippen molar-refractivity contribution in [3.63, 3.8) is 0 Å². The maximum absolute atomic E-state index is 11.0. The van der Waals surface area contributed by atoms with Crippen LogP contribution in [-0.4, -0.2) is 46.4 Å². The molecule has 0 saturated carbocycles. The number of rotatable bonds is 9. The van der Waals surface area contributed by atoms with Crippen molar-refractivity contribution in [1.82, 2.24) is 0 Å². The summed E-state index contributed by atoms with van der Waals surface area (Å²) in [6.45, 7) is 0.573. The third-order valence-corrected chi connectivity index (χ3v) is 4.23. The molecule has 0 bridgehead atoms. The van der Waals surface area contributed by atoms with Crippen molar-refractivity contribution >= 4 is 38.4 Å². The molecule has 0 saturated heterocycles. The first-order valence-corrected chi connectivity index (χ1v) is 8.19. The largest absolute Gasteiger partial charge is 0.395 e. The number of aliphatic hydroxyl groups is 2. The van der Waals surface area contributed by atoms with Gasteiger partial charge < -0.3 is 15.1 Å². The van der Waals surface area contributed by atoms with Gasteiger partial charge in [0.05, 0.1) is 28.7 Å². The average molecular weight is 381 g/mol. The van der Waals surface area contributed by atoms with Gasteiger partial charge in [0, 0.05) is 18.8 Å². The Morgan fingerprint density at radius 3 is 2.12 bits per heavy atom. The van der Waals surface area contributed by atoms with Crippen LogP contribution in [-0.2, 0) is 0 Å². The Kier molecular flexibility index (Phi) is 6.66. The second kappa shape index (κ2) is 8.94. The molecule has 26 heavy (non-hydrogen) atoms. The van der Waals surface area contributed by atoms with Gasteiger partial charge in [0.1, 0.15) is 6.07 Å². The van der Waals surface area contributed by atoms with Gasteiger partial charge in [0.25, 0.3) is 0 Å². The topological polar surface area (TPSA) is 155 Å². The monoisotopic (exact) mass is 381 g/mol. The number of anilines is 1. The Hall–Kier alpha value is -2.96. The number of nitrogens with zero attached hydrogens (tertiary/aromatic N) is 5. The number of hydrogen-bond donors (Lipinski definition) is 2. The van der Waals surface area contributed by atoms with Gasteiger partial charge in [-0.05, 0) is 35.6 Å². The number of thiophene rings is 1. The molecule has 0 radical (unpaired) electrons. The Labute approximate surface area is 151 Å². The molecule has 0 amide bonds. The summed E-state index contributed by atoms with van der Waals surface area (Å²) in [7, 11) is 0. The molecular weight excluding hydrogens is 366 g/mol. The van der Waals surface area contributed by atoms with Crippen LogP contribution in [0.2, 0.25) is 0 Å². The van der Waals surface area contributed by atoms with Gasteiger partial charge in [0.2, 0.25) is 5.00 Å². The van der Waals surface area contributed by atoms with Gasteiger partial charge in [-0.15, -0.1) is 10.2 Å². The van der Waals surface area contributed by atoms with Crippen LogP contribution in [0, 0.1) is 20.2 Å². The van der Waals surface area contributed by atoms with Crippen molar-refractivity contribution in [3.8, 4) is 0 Å². The first-order valence-electron chi connectivity index (χ1n) is 7.37. The maximum Gasteiger partial charge on any atom is 0.333 e. The summed E-state index contributed by atoms with van der Waals surface area (Å²) in [6, 6.07) is 7.46. The lowest BCUT2D eigenvalue weighted by molar-refractivity contribution is -0.389. The zero-order valence-electron chi connectivity index (χ0n) is 13.4. The summed E-state index contributed by atoms with van der Waals surface area (Å²) < 4.78 is 0. The molecule has 0 fully saturated rings. The first kappa shape index (κ1) is 19.4. The molecular formula is C14H15N5O6S. The fraction of sp³-hybridized carbons (Fsp3) is 0.286. The molecule has 0 spiro atoms. The number of azo groups is 1. The lowest BCUT2D eigenvalue weighted by Gasteiger charge is -2.22. The van der Waals surface area contributed by atoms with E-state index in [9.17, 15) is 20.2 Å². The van der Waals surface area contributed by atoms with Crippen LogP contribution in [0.1, 0.15) is 0 Å². The van der Waals surface area contributed by atoms with Crippen molar-refractivity contribution in [3.05, 3.63) is 50.6 Å². The molecule has 0 aliphatic carbocycles. The molecule has 0 aliphatic heterocycles. The smallest absolute Gasteiger partial charge is 0.333 e. The predicted octanol–water partition coefficient (Wildman–Crippen LogP) is 2.77. The normalized spacial score (nSPS) is 11.0. The summed E-state index contributed by atoms with van der Waals surface area (Å²) >= 11 is 0.571. The SMILES string of the molecule is O=[N+]([O-])c1cc([N+](=O)[O-])c(/N=N/c2ccc(N(CCO)CCO)cc2)s1. The predicted molar refractivity (Wildman–Crippen MR) is 94.6 cm³/mol. The fourth-order valence-electron chi connectivity index (χ4n) is 2.10. The standard InChI is InChI=1S/C14H15N5O6S/c20-7-5-17(6-8-21)11-3-1-10(2-4-11)15-16-14-12(18(22)23)9-13(26-14)19(24)25/h1-4,9,20-21H,5-8H2/b16-15+. The number of nitro groups is 2. The van der Waals surface area contributed by atoms with E-state index in [2.05, 4.69) is 10.2 Å². The van der Waals surface area contributed by atoms with E-state index in [1.165, 1.54) is 0 Å². The molecule has 138 valence electrons. The van der Waals surface area contributed by atoms with Gasteiger partial charge >= 0.3 is 10.7 Å². The second-order valence-electron chi connectivity index (χ2n) is 4.94.